The predicted molar refractivity (Wildman–Crippen MR) is 57.3 cm³/mol. The number of nitrogens with two attached hydrogens (primary N) is 1. The van der Waals surface area contributed by atoms with Crippen molar-refractivity contribution in [3.8, 4) is 0 Å². The second kappa shape index (κ2) is 9.48. The lowest BCUT2D eigenvalue weighted by molar-refractivity contribution is -0.753. The fourth-order valence-electron chi connectivity index (χ4n) is 1.20. The van der Waals surface area contributed by atoms with Crippen molar-refractivity contribution < 1.29 is 14.6 Å². The molecule has 1 aromatic rings. The third-order valence-corrected chi connectivity index (χ3v) is 1.74. The zero-order chi connectivity index (χ0) is 11.0. The normalized spacial score (nSPS) is 8.47. The fraction of sp³-hybridized carbons (Fsp3) is 0.556. The number of hydrogen-bond acceptors (Lipinski definition) is 3. The topological polar surface area (TPSA) is 75.0 Å². The van der Waals surface area contributed by atoms with Crippen LogP contribution in [0, 0.1) is 6.92 Å². The number of carbonyl (C=O) groups excluding carboxylic acids is 1. The maximum Gasteiger partial charge on any atom is 0.198 e. The summed E-state index contributed by atoms with van der Waals surface area (Å²) < 4.78 is 4.26. The summed E-state index contributed by atoms with van der Waals surface area (Å²) in [5.41, 5.74) is 6.71. The zero-order valence-electron chi connectivity index (χ0n) is 9.05. The van der Waals surface area contributed by atoms with Crippen LogP contribution in [-0.4, -0.2) is 17.7 Å². The Morgan fingerprint density at radius 2 is 2.20 bits per heavy atom. The quantitative estimate of drug-likeness (QED) is 0.526. The van der Waals surface area contributed by atoms with Crippen molar-refractivity contribution in [2.45, 2.75) is 19.9 Å². The number of halogens is 1. The van der Waals surface area contributed by atoms with Gasteiger partial charge in [-0.05, 0) is 19.9 Å². The van der Waals surface area contributed by atoms with E-state index in [0.717, 1.165) is 19.5 Å². The van der Waals surface area contributed by atoms with Crippen molar-refractivity contribution in [3.05, 3.63) is 18.0 Å². The molecule has 0 bridgehead atoms. The third kappa shape index (κ3) is 6.93. The first-order valence-electron chi connectivity index (χ1n) is 4.44. The largest absolute Gasteiger partial charge is 0.554 e. The van der Waals surface area contributed by atoms with Gasteiger partial charge < -0.3 is 15.6 Å². The molecular weight excluding hydrogens is 218 g/mol. The molecule has 1 rings (SSSR count). The number of carbonyl (C=O) groups is 1. The molecule has 1 heterocycles. The van der Waals surface area contributed by atoms with Crippen molar-refractivity contribution in [2.24, 2.45) is 12.8 Å². The van der Waals surface area contributed by atoms with Crippen LogP contribution in [0.25, 0.3) is 0 Å². The minimum Gasteiger partial charge on any atom is -0.554 e. The summed E-state index contributed by atoms with van der Waals surface area (Å²) >= 11 is 0. The minimum atomic E-state index is -0.500. The Hall–Kier alpha value is -1.07. The van der Waals surface area contributed by atoms with Gasteiger partial charge in [0.15, 0.2) is 13.2 Å². The molecule has 0 aromatic carbocycles. The molecule has 0 amide bonds. The average molecular weight is 236 g/mol. The molecule has 2 N–H and O–H groups in total. The zero-order valence-corrected chi connectivity index (χ0v) is 9.87. The van der Waals surface area contributed by atoms with E-state index in [1.165, 1.54) is 5.56 Å². The van der Waals surface area contributed by atoms with Crippen molar-refractivity contribution in [1.82, 2.24) is 4.68 Å². The summed E-state index contributed by atoms with van der Waals surface area (Å²) in [5.74, 6) is 0. The summed E-state index contributed by atoms with van der Waals surface area (Å²) in [6, 6.07) is 0. The van der Waals surface area contributed by atoms with Gasteiger partial charge in [0, 0.05) is 12.0 Å². The smallest absolute Gasteiger partial charge is 0.198 e. The van der Waals surface area contributed by atoms with Crippen LogP contribution >= 0.6 is 12.4 Å². The number of rotatable bonds is 3. The summed E-state index contributed by atoms with van der Waals surface area (Å²) in [6.45, 7) is 3.37. The molecule has 6 heteroatoms. The van der Waals surface area contributed by atoms with Gasteiger partial charge in [0.05, 0.1) is 12.7 Å². The molecule has 1 aromatic heterocycles. The Morgan fingerprint density at radius 3 is 2.53 bits per heavy atom. The average Bonchev–Trinajstić information content (AvgIpc) is 2.43. The first-order valence-corrected chi connectivity index (χ1v) is 4.44. The van der Waals surface area contributed by atoms with Gasteiger partial charge in [-0.3, -0.25) is 0 Å². The molecule has 0 aliphatic carbocycles. The van der Waals surface area contributed by atoms with Crippen LogP contribution in [0.4, 0.5) is 0 Å². The Labute approximate surface area is 95.9 Å². The van der Waals surface area contributed by atoms with E-state index < -0.39 is 6.47 Å². The molecule has 15 heavy (non-hydrogen) atoms. The van der Waals surface area contributed by atoms with E-state index in [2.05, 4.69) is 28.7 Å². The Balaban J connectivity index is 0. The van der Waals surface area contributed by atoms with Crippen molar-refractivity contribution in [2.75, 3.05) is 6.54 Å². The van der Waals surface area contributed by atoms with Crippen LogP contribution in [0.2, 0.25) is 0 Å². The van der Waals surface area contributed by atoms with Crippen LogP contribution in [0.5, 0.6) is 0 Å². The molecule has 0 radical (unpaired) electrons. The van der Waals surface area contributed by atoms with Crippen LogP contribution in [0.15, 0.2) is 12.4 Å². The van der Waals surface area contributed by atoms with E-state index >= 15 is 0 Å². The van der Waals surface area contributed by atoms with E-state index in [4.69, 9.17) is 15.6 Å². The maximum atomic E-state index is 8.25. The third-order valence-electron chi connectivity index (χ3n) is 1.74. The van der Waals surface area contributed by atoms with Crippen LogP contribution < -0.4 is 15.5 Å². The summed E-state index contributed by atoms with van der Waals surface area (Å²) in [6.07, 6.45) is 5.29. The molecule has 0 saturated carbocycles. The Morgan fingerprint density at radius 1 is 1.67 bits per heavy atom. The van der Waals surface area contributed by atoms with Crippen LogP contribution in [0.3, 0.4) is 0 Å². The molecule has 0 spiro atoms. The number of carboxylic acid groups (broad SMARTS) is 1. The van der Waals surface area contributed by atoms with Gasteiger partial charge in [-0.25, -0.2) is 0 Å². The highest BCUT2D eigenvalue weighted by Gasteiger charge is 2.03. The van der Waals surface area contributed by atoms with Crippen LogP contribution in [0.1, 0.15) is 12.0 Å². The van der Waals surface area contributed by atoms with Gasteiger partial charge in [0.25, 0.3) is 0 Å². The van der Waals surface area contributed by atoms with Crippen molar-refractivity contribution in [1.29, 1.82) is 0 Å². The second-order valence-corrected chi connectivity index (χ2v) is 2.98. The number of nitrogens with zero attached hydrogens (tertiary/aromatic N) is 2. The number of hydrogen-bond donors (Lipinski definition) is 1. The lowest BCUT2D eigenvalue weighted by Crippen LogP contribution is -2.38. The van der Waals surface area contributed by atoms with E-state index in [-0.39, 0.29) is 12.4 Å². The fourth-order valence-corrected chi connectivity index (χ4v) is 1.20. The summed E-state index contributed by atoms with van der Waals surface area (Å²) in [5, 5.41) is 8.25. The molecule has 0 aliphatic rings. The molecule has 0 aliphatic heterocycles. The lowest BCUT2D eigenvalue weighted by Gasteiger charge is -1.96. The van der Waals surface area contributed by atoms with Crippen molar-refractivity contribution >= 4 is 18.9 Å². The molecule has 0 saturated heterocycles. The highest BCUT2D eigenvalue weighted by atomic mass is 35.5. The maximum absolute atomic E-state index is 8.25. The highest BCUT2D eigenvalue weighted by Crippen LogP contribution is 1.92. The molecule has 5 nitrogen and oxygen atoms in total. The molecule has 0 unspecified atom stereocenters. The Kier molecular flexibility index (Phi) is 10.3. The van der Waals surface area contributed by atoms with Gasteiger partial charge in [0.1, 0.15) is 0 Å². The van der Waals surface area contributed by atoms with Gasteiger partial charge in [0.2, 0.25) is 0 Å². The van der Waals surface area contributed by atoms with E-state index in [9.17, 15) is 0 Å². The lowest BCUT2D eigenvalue weighted by atomic mass is 10.4. The SMILES string of the molecule is Cc1cn(CCCN)[n+](C)c1.Cl.O=C[O-]. The highest BCUT2D eigenvalue weighted by molar-refractivity contribution is 5.85. The standard InChI is InChI=1S/C8H16N3.CH2O2.ClH/c1-8-6-10(2)11(7-8)5-3-4-9;2-1-3;/h6-7H,3-5,9H2,1-2H3;1H,(H,2,3);1H/q+1;;/p-1. The minimum absolute atomic E-state index is 0. The Bertz CT molecular complexity index is 276. The molecule has 0 fully saturated rings. The van der Waals surface area contributed by atoms with Gasteiger partial charge in [-0.1, -0.05) is 0 Å². The van der Waals surface area contributed by atoms with E-state index in [1.807, 2.05) is 7.05 Å². The summed E-state index contributed by atoms with van der Waals surface area (Å²) in [7, 11) is 2.05. The van der Waals surface area contributed by atoms with E-state index in [1.54, 1.807) is 0 Å². The predicted octanol–water partition coefficient (Wildman–Crippen LogP) is -1.24. The summed E-state index contributed by atoms with van der Waals surface area (Å²) in [4.78, 5) is 8.25. The first-order chi connectivity index (χ1) is 6.65. The monoisotopic (exact) mass is 235 g/mol. The number of aryl methyl sites for hydroxylation is 3. The van der Waals surface area contributed by atoms with Crippen LogP contribution in [-0.2, 0) is 18.4 Å². The van der Waals surface area contributed by atoms with E-state index in [0.29, 0.717) is 0 Å². The number of aromatic nitrogens is 2. The molecule has 0 atom stereocenters. The van der Waals surface area contributed by atoms with Crippen molar-refractivity contribution in [3.63, 3.8) is 0 Å². The van der Waals surface area contributed by atoms with Gasteiger partial charge in [-0.15, -0.1) is 17.1 Å². The molecule has 88 valence electrons. The second-order valence-electron chi connectivity index (χ2n) is 2.98. The first kappa shape index (κ1) is 16.4. The van der Waals surface area contributed by atoms with Gasteiger partial charge >= 0.3 is 0 Å². The molecular formula is C9H18ClN3O2. The van der Waals surface area contributed by atoms with Gasteiger partial charge in [-0.2, -0.15) is 4.68 Å².